The Bertz CT molecular complexity index is 397. The Hall–Kier alpha value is -1.08. The number of nitrogens with zero attached hydrogens (tertiary/aromatic N) is 2. The predicted octanol–water partition coefficient (Wildman–Crippen LogP) is 1.36. The summed E-state index contributed by atoms with van der Waals surface area (Å²) in [5, 5.41) is 16.5. The van der Waals surface area contributed by atoms with Gasteiger partial charge in [-0.3, -0.25) is 4.79 Å². The van der Waals surface area contributed by atoms with E-state index >= 15 is 0 Å². The van der Waals surface area contributed by atoms with Gasteiger partial charge in [0.05, 0.1) is 12.0 Å². The minimum atomic E-state index is -0.901. The minimum absolute atomic E-state index is 0.0724. The van der Waals surface area contributed by atoms with Gasteiger partial charge in [0.15, 0.2) is 0 Å². The lowest BCUT2D eigenvalue weighted by Gasteiger charge is -2.39. The molecule has 94 valence electrons. The third kappa shape index (κ3) is 2.98. The number of thioether (sulfide) groups is 1. The fourth-order valence-electron chi connectivity index (χ4n) is 1.79. The Morgan fingerprint density at radius 2 is 2.35 bits per heavy atom. The van der Waals surface area contributed by atoms with E-state index in [0.717, 1.165) is 31.0 Å². The van der Waals surface area contributed by atoms with Gasteiger partial charge in [0, 0.05) is 7.11 Å². The maximum Gasteiger partial charge on any atom is 0.314 e. The van der Waals surface area contributed by atoms with Crippen LogP contribution in [0.15, 0.2) is 9.64 Å². The molecule has 0 bridgehead atoms. The lowest BCUT2D eigenvalue weighted by Crippen LogP contribution is -2.41. The van der Waals surface area contributed by atoms with Crippen LogP contribution in [0.5, 0.6) is 0 Å². The lowest BCUT2D eigenvalue weighted by molar-refractivity contribution is -0.133. The van der Waals surface area contributed by atoms with Gasteiger partial charge >= 0.3 is 5.97 Å². The molecule has 0 aliphatic heterocycles. The van der Waals surface area contributed by atoms with E-state index in [2.05, 4.69) is 10.2 Å². The molecule has 0 unspecified atom stereocenters. The number of carboxylic acids is 1. The van der Waals surface area contributed by atoms with Crippen LogP contribution in [-0.2, 0) is 16.0 Å². The van der Waals surface area contributed by atoms with Gasteiger partial charge in [0.2, 0.25) is 5.89 Å². The second kappa shape index (κ2) is 5.05. The third-order valence-corrected chi connectivity index (χ3v) is 3.74. The molecule has 1 saturated carbocycles. The number of ether oxygens (including phenoxy) is 1. The summed E-state index contributed by atoms with van der Waals surface area (Å²) in [6, 6.07) is 0. The number of carboxylic acid groups (broad SMARTS) is 1. The number of aromatic nitrogens is 2. The smallest absolute Gasteiger partial charge is 0.314 e. The molecule has 1 heterocycles. The zero-order valence-corrected chi connectivity index (χ0v) is 10.3. The average molecular weight is 258 g/mol. The molecule has 0 atom stereocenters. The van der Waals surface area contributed by atoms with Crippen molar-refractivity contribution in [2.24, 2.45) is 0 Å². The molecule has 1 N–H and O–H groups in total. The van der Waals surface area contributed by atoms with Crippen molar-refractivity contribution in [3.05, 3.63) is 5.89 Å². The highest BCUT2D eigenvalue weighted by molar-refractivity contribution is 7.99. The van der Waals surface area contributed by atoms with Gasteiger partial charge in [-0.15, -0.1) is 10.2 Å². The Balaban J connectivity index is 1.91. The van der Waals surface area contributed by atoms with Crippen molar-refractivity contribution in [3.8, 4) is 0 Å². The Morgan fingerprint density at radius 1 is 1.59 bits per heavy atom. The molecular formula is C10H14N2O4S. The van der Waals surface area contributed by atoms with Gasteiger partial charge in [-0.2, -0.15) is 0 Å². The van der Waals surface area contributed by atoms with Crippen molar-refractivity contribution in [1.29, 1.82) is 0 Å². The molecule has 1 aromatic rings. The van der Waals surface area contributed by atoms with Gasteiger partial charge < -0.3 is 14.3 Å². The molecule has 1 aromatic heterocycles. The third-order valence-electron chi connectivity index (χ3n) is 2.94. The van der Waals surface area contributed by atoms with Crippen LogP contribution in [0.2, 0.25) is 0 Å². The highest BCUT2D eigenvalue weighted by Crippen LogP contribution is 2.37. The molecule has 0 aromatic carbocycles. The predicted molar refractivity (Wildman–Crippen MR) is 60.0 cm³/mol. The highest BCUT2D eigenvalue weighted by atomic mass is 32.2. The number of hydrogen-bond acceptors (Lipinski definition) is 6. The molecule has 2 rings (SSSR count). The van der Waals surface area contributed by atoms with Crippen molar-refractivity contribution in [3.63, 3.8) is 0 Å². The maximum atomic E-state index is 10.4. The first-order valence-electron chi connectivity index (χ1n) is 5.36. The van der Waals surface area contributed by atoms with Crippen molar-refractivity contribution in [1.82, 2.24) is 10.2 Å². The summed E-state index contributed by atoms with van der Waals surface area (Å²) in [6.07, 6.45) is 3.76. The van der Waals surface area contributed by atoms with Crippen LogP contribution in [0.4, 0.5) is 0 Å². The zero-order valence-electron chi connectivity index (χ0n) is 9.51. The van der Waals surface area contributed by atoms with Crippen LogP contribution in [-0.4, -0.2) is 39.7 Å². The molecule has 0 amide bonds. The van der Waals surface area contributed by atoms with E-state index in [-0.39, 0.29) is 11.4 Å². The first-order valence-corrected chi connectivity index (χ1v) is 6.34. The summed E-state index contributed by atoms with van der Waals surface area (Å²) < 4.78 is 10.8. The van der Waals surface area contributed by atoms with Gasteiger partial charge in [-0.05, 0) is 19.3 Å². The second-order valence-electron chi connectivity index (χ2n) is 4.06. The van der Waals surface area contributed by atoms with Crippen molar-refractivity contribution >= 4 is 17.7 Å². The molecule has 1 fully saturated rings. The lowest BCUT2D eigenvalue weighted by atomic mass is 9.77. The second-order valence-corrected chi connectivity index (χ2v) is 4.99. The van der Waals surface area contributed by atoms with Crippen LogP contribution >= 0.6 is 11.8 Å². The Labute approximate surface area is 103 Å². The number of carbonyl (C=O) groups is 1. The minimum Gasteiger partial charge on any atom is -0.481 e. The molecule has 7 heteroatoms. The van der Waals surface area contributed by atoms with E-state index in [9.17, 15) is 4.79 Å². The molecular weight excluding hydrogens is 244 g/mol. The molecule has 1 aliphatic rings. The molecule has 17 heavy (non-hydrogen) atoms. The van der Waals surface area contributed by atoms with Gasteiger partial charge in [-0.1, -0.05) is 11.8 Å². The highest BCUT2D eigenvalue weighted by Gasteiger charge is 2.38. The van der Waals surface area contributed by atoms with Crippen LogP contribution < -0.4 is 0 Å². The number of hydrogen-bond donors (Lipinski definition) is 1. The summed E-state index contributed by atoms with van der Waals surface area (Å²) in [6.45, 7) is 0. The van der Waals surface area contributed by atoms with Crippen LogP contribution in [0.3, 0.4) is 0 Å². The fraction of sp³-hybridized carbons (Fsp3) is 0.700. The van der Waals surface area contributed by atoms with Crippen LogP contribution in [0.25, 0.3) is 0 Å². The average Bonchev–Trinajstić information content (AvgIpc) is 2.68. The van der Waals surface area contributed by atoms with Gasteiger partial charge in [-0.25, -0.2) is 0 Å². The van der Waals surface area contributed by atoms with E-state index in [1.807, 2.05) is 0 Å². The van der Waals surface area contributed by atoms with E-state index in [0.29, 0.717) is 17.5 Å². The molecule has 6 nitrogen and oxygen atoms in total. The monoisotopic (exact) mass is 258 g/mol. The summed E-state index contributed by atoms with van der Waals surface area (Å²) in [5.41, 5.74) is -0.152. The van der Waals surface area contributed by atoms with Gasteiger partial charge in [0.25, 0.3) is 5.22 Å². The van der Waals surface area contributed by atoms with E-state index in [4.69, 9.17) is 14.3 Å². The van der Waals surface area contributed by atoms with Crippen molar-refractivity contribution in [2.75, 3.05) is 12.9 Å². The maximum absolute atomic E-state index is 10.4. The van der Waals surface area contributed by atoms with E-state index in [1.54, 1.807) is 7.11 Å². The number of aliphatic carboxylic acids is 1. The SMILES string of the molecule is COC1(Cc2nnc(SCC(=O)O)o2)CCC1. The fourth-order valence-corrected chi connectivity index (χ4v) is 2.29. The van der Waals surface area contributed by atoms with E-state index in [1.165, 1.54) is 0 Å². The Morgan fingerprint density at radius 3 is 2.88 bits per heavy atom. The quantitative estimate of drug-likeness (QED) is 0.771. The molecule has 1 aliphatic carbocycles. The number of methoxy groups -OCH3 is 1. The first-order chi connectivity index (χ1) is 8.13. The Kier molecular flexibility index (Phi) is 3.68. The van der Waals surface area contributed by atoms with E-state index < -0.39 is 5.97 Å². The first kappa shape index (κ1) is 12.4. The van der Waals surface area contributed by atoms with Crippen molar-refractivity contribution in [2.45, 2.75) is 36.5 Å². The van der Waals surface area contributed by atoms with Crippen LogP contribution in [0.1, 0.15) is 25.2 Å². The van der Waals surface area contributed by atoms with Gasteiger partial charge in [0.1, 0.15) is 5.75 Å². The number of rotatable bonds is 6. The molecule has 0 saturated heterocycles. The topological polar surface area (TPSA) is 85.5 Å². The molecule has 0 spiro atoms. The summed E-state index contributed by atoms with van der Waals surface area (Å²) >= 11 is 1.03. The summed E-state index contributed by atoms with van der Waals surface area (Å²) in [7, 11) is 1.69. The normalized spacial score (nSPS) is 17.7. The standard InChI is InChI=1S/C10H14N2O4S/c1-15-10(3-2-4-10)5-7-11-12-9(16-7)17-6-8(13)14/h2-6H2,1H3,(H,13,14). The summed E-state index contributed by atoms with van der Waals surface area (Å²) in [4.78, 5) is 10.4. The van der Waals surface area contributed by atoms with Crippen molar-refractivity contribution < 1.29 is 19.1 Å². The zero-order chi connectivity index (χ0) is 12.3. The largest absolute Gasteiger partial charge is 0.481 e. The van der Waals surface area contributed by atoms with Crippen LogP contribution in [0, 0.1) is 0 Å². The molecule has 0 radical (unpaired) electrons. The summed E-state index contributed by atoms with van der Waals surface area (Å²) in [5.74, 6) is -0.460.